The summed E-state index contributed by atoms with van der Waals surface area (Å²) in [6.07, 6.45) is 0.160. The van der Waals surface area contributed by atoms with Gasteiger partial charge in [0.2, 0.25) is 0 Å². The van der Waals surface area contributed by atoms with Crippen molar-refractivity contribution in [2.75, 3.05) is 0 Å². The van der Waals surface area contributed by atoms with E-state index in [9.17, 15) is 19.7 Å². The Morgan fingerprint density at radius 3 is 2.62 bits per heavy atom. The number of carbonyl (C=O) groups excluding carboxylic acids is 2. The van der Waals surface area contributed by atoms with Crippen molar-refractivity contribution in [2.45, 2.75) is 19.4 Å². The van der Waals surface area contributed by atoms with Gasteiger partial charge in [-0.05, 0) is 12.1 Å². The Labute approximate surface area is 118 Å². The maximum Gasteiger partial charge on any atom is 0.296 e. The molecule has 9 heteroatoms. The molecule has 1 aliphatic rings. The molecule has 0 radical (unpaired) electrons. The van der Waals surface area contributed by atoms with Gasteiger partial charge in [-0.25, -0.2) is 0 Å². The number of rotatable bonds is 5. The standard InChI is InChI=1S/C12H11N4O5/c1-13-14-9-2-3-10(16(19)20)8(6-9)7-21-15-11(17)4-5-12(15)18/h2-3,6H,1,4-5,7H2/q+1. The fraction of sp³-hybridized carbons (Fsp3) is 0.250. The summed E-state index contributed by atoms with van der Waals surface area (Å²) in [7, 11) is 0. The van der Waals surface area contributed by atoms with Crippen molar-refractivity contribution in [3.63, 3.8) is 0 Å². The number of nitro benzene ring substituents is 1. The quantitative estimate of drug-likeness (QED) is 0.201. The van der Waals surface area contributed by atoms with Crippen LogP contribution >= 0.6 is 0 Å². The van der Waals surface area contributed by atoms with Gasteiger partial charge < -0.3 is 0 Å². The maximum absolute atomic E-state index is 11.4. The average molecular weight is 291 g/mol. The van der Waals surface area contributed by atoms with Crippen LogP contribution in [0.5, 0.6) is 0 Å². The number of hydrogen-bond donors (Lipinski definition) is 0. The molecule has 9 nitrogen and oxygen atoms in total. The van der Waals surface area contributed by atoms with Crippen molar-refractivity contribution in [1.29, 1.82) is 0 Å². The van der Waals surface area contributed by atoms with E-state index in [-0.39, 0.29) is 30.7 Å². The molecule has 0 N–H and O–H groups in total. The Balaban J connectivity index is 2.22. The van der Waals surface area contributed by atoms with Crippen LogP contribution in [0.2, 0.25) is 0 Å². The van der Waals surface area contributed by atoms with E-state index >= 15 is 0 Å². The van der Waals surface area contributed by atoms with Gasteiger partial charge in [0.1, 0.15) is 17.4 Å². The molecular formula is C12H11N4O5+. The number of carbonyl (C=O) groups is 2. The summed E-state index contributed by atoms with van der Waals surface area (Å²) in [5, 5.41) is 15.3. The summed E-state index contributed by atoms with van der Waals surface area (Å²) in [6, 6.07) is 4.04. The van der Waals surface area contributed by atoms with Crippen LogP contribution in [0.15, 0.2) is 23.3 Å². The summed E-state index contributed by atoms with van der Waals surface area (Å²) in [6.45, 7) is 2.90. The molecule has 1 heterocycles. The van der Waals surface area contributed by atoms with Crippen molar-refractivity contribution in [3.8, 4) is 0 Å². The second-order valence-electron chi connectivity index (χ2n) is 4.17. The third kappa shape index (κ3) is 3.16. The number of nitrogens with zero attached hydrogens (tertiary/aromatic N) is 4. The number of hydroxylamine groups is 2. The van der Waals surface area contributed by atoms with Crippen molar-refractivity contribution < 1.29 is 24.1 Å². The summed E-state index contributed by atoms with van der Waals surface area (Å²) in [5.74, 6) is -0.924. The zero-order valence-electron chi connectivity index (χ0n) is 10.9. The number of hydrogen-bond acceptors (Lipinski definition) is 6. The van der Waals surface area contributed by atoms with E-state index < -0.39 is 16.7 Å². The van der Waals surface area contributed by atoms with Gasteiger partial charge >= 0.3 is 0 Å². The minimum atomic E-state index is -0.586. The first kappa shape index (κ1) is 14.5. The summed E-state index contributed by atoms with van der Waals surface area (Å²) < 4.78 is 0. The highest BCUT2D eigenvalue weighted by Gasteiger charge is 2.30. The molecule has 1 saturated heterocycles. The molecule has 2 amide bonds. The number of nitro groups is 1. The van der Waals surface area contributed by atoms with Crippen molar-refractivity contribution in [1.82, 2.24) is 5.06 Å². The third-order valence-corrected chi connectivity index (χ3v) is 2.80. The molecular weight excluding hydrogens is 280 g/mol. The summed E-state index contributed by atoms with van der Waals surface area (Å²) in [4.78, 5) is 41.6. The molecule has 0 unspecified atom stereocenters. The fourth-order valence-corrected chi connectivity index (χ4v) is 1.84. The van der Waals surface area contributed by atoms with E-state index in [1.165, 1.54) is 18.2 Å². The zero-order valence-corrected chi connectivity index (χ0v) is 10.9. The minimum Gasteiger partial charge on any atom is -0.272 e. The Morgan fingerprint density at radius 2 is 2.05 bits per heavy atom. The monoisotopic (exact) mass is 291 g/mol. The van der Waals surface area contributed by atoms with Crippen LogP contribution in [0.3, 0.4) is 0 Å². The van der Waals surface area contributed by atoms with Gasteiger partial charge in [-0.3, -0.25) is 24.5 Å². The van der Waals surface area contributed by atoms with E-state index in [0.717, 1.165) is 0 Å². The van der Waals surface area contributed by atoms with Gasteiger partial charge in [0.15, 0.2) is 0 Å². The lowest BCUT2D eigenvalue weighted by molar-refractivity contribution is -0.386. The van der Waals surface area contributed by atoms with Crippen LogP contribution in [-0.4, -0.2) is 33.3 Å². The predicted molar refractivity (Wildman–Crippen MR) is 68.4 cm³/mol. The van der Waals surface area contributed by atoms with Crippen LogP contribution in [0, 0.1) is 10.1 Å². The van der Waals surface area contributed by atoms with Gasteiger partial charge in [-0.1, -0.05) is 0 Å². The molecule has 2 rings (SSSR count). The van der Waals surface area contributed by atoms with Gasteiger partial charge in [0, 0.05) is 23.7 Å². The molecule has 0 aromatic heterocycles. The van der Waals surface area contributed by atoms with E-state index in [1.807, 2.05) is 0 Å². The first-order chi connectivity index (χ1) is 10.0. The molecule has 1 aromatic rings. The van der Waals surface area contributed by atoms with Crippen LogP contribution in [0.1, 0.15) is 18.4 Å². The molecule has 0 bridgehead atoms. The second-order valence-corrected chi connectivity index (χ2v) is 4.17. The molecule has 0 spiro atoms. The Morgan fingerprint density at radius 1 is 1.38 bits per heavy atom. The highest BCUT2D eigenvalue weighted by atomic mass is 16.7. The van der Waals surface area contributed by atoms with Gasteiger partial charge in [0.05, 0.1) is 10.5 Å². The molecule has 1 aliphatic heterocycles. The average Bonchev–Trinajstić information content (AvgIpc) is 2.76. The number of amides is 2. The first-order valence-corrected chi connectivity index (χ1v) is 5.95. The molecule has 1 aromatic carbocycles. The zero-order chi connectivity index (χ0) is 15.4. The fourth-order valence-electron chi connectivity index (χ4n) is 1.84. The highest BCUT2D eigenvalue weighted by Crippen LogP contribution is 2.25. The van der Waals surface area contributed by atoms with Gasteiger partial charge in [-0.15, -0.1) is 0 Å². The van der Waals surface area contributed by atoms with Gasteiger partial charge in [-0.2, -0.15) is 5.06 Å². The van der Waals surface area contributed by atoms with Crippen LogP contribution < -0.4 is 0 Å². The third-order valence-electron chi connectivity index (χ3n) is 2.80. The molecule has 108 valence electrons. The highest BCUT2D eigenvalue weighted by molar-refractivity contribution is 6.00. The smallest absolute Gasteiger partial charge is 0.272 e. The van der Waals surface area contributed by atoms with Crippen molar-refractivity contribution in [2.24, 2.45) is 5.11 Å². The molecule has 0 aliphatic carbocycles. The topological polar surface area (TPSA) is 116 Å². The van der Waals surface area contributed by atoms with Crippen LogP contribution in [-0.2, 0) is 21.0 Å². The van der Waals surface area contributed by atoms with Crippen molar-refractivity contribution in [3.05, 3.63) is 33.9 Å². The lowest BCUT2D eigenvalue weighted by atomic mass is 10.1. The normalized spacial score (nSPS) is 14.2. The van der Waals surface area contributed by atoms with E-state index in [4.69, 9.17) is 4.84 Å². The maximum atomic E-state index is 11.4. The van der Waals surface area contributed by atoms with Gasteiger partial charge in [0.25, 0.3) is 24.2 Å². The van der Waals surface area contributed by atoms with E-state index in [2.05, 4.69) is 16.6 Å². The van der Waals surface area contributed by atoms with E-state index in [1.54, 1.807) is 0 Å². The lowest BCUT2D eigenvalue weighted by Gasteiger charge is -2.13. The van der Waals surface area contributed by atoms with E-state index in [0.29, 0.717) is 10.8 Å². The first-order valence-electron chi connectivity index (χ1n) is 5.95. The van der Waals surface area contributed by atoms with Crippen LogP contribution in [0.4, 0.5) is 11.4 Å². The molecule has 0 atom stereocenters. The predicted octanol–water partition coefficient (Wildman–Crippen LogP) is 1.17. The largest absolute Gasteiger partial charge is 0.296 e. The molecule has 21 heavy (non-hydrogen) atoms. The lowest BCUT2D eigenvalue weighted by Crippen LogP contribution is -2.29. The summed E-state index contributed by atoms with van der Waals surface area (Å²) >= 11 is 0. The SMILES string of the molecule is C=[N+]=Nc1ccc([N+](=O)[O-])c(CON2C(=O)CCC2=O)c1. The molecule has 1 fully saturated rings. The Hall–Kier alpha value is -2.90. The minimum absolute atomic E-state index is 0.0800. The number of benzene rings is 1. The Kier molecular flexibility index (Phi) is 4.17. The summed E-state index contributed by atoms with van der Waals surface area (Å²) in [5.41, 5.74) is 0.336. The van der Waals surface area contributed by atoms with Crippen LogP contribution in [0.25, 0.3) is 0 Å². The number of imide groups is 1. The second kappa shape index (κ2) is 6.04. The Bertz CT molecular complexity index is 650. The molecule has 0 saturated carbocycles. The van der Waals surface area contributed by atoms with Crippen molar-refractivity contribution >= 4 is 29.9 Å².